The number of rotatable bonds is 5. The molecule has 0 saturated carbocycles. The molecule has 0 fully saturated rings. The number of aromatic nitrogens is 3. The zero-order valence-electron chi connectivity index (χ0n) is 19.7. The van der Waals surface area contributed by atoms with Crippen LogP contribution in [0.5, 0.6) is 0 Å². The number of pyridine rings is 3. The van der Waals surface area contributed by atoms with Crippen LogP contribution in [0.4, 0.5) is 0 Å². The summed E-state index contributed by atoms with van der Waals surface area (Å²) >= 11 is 0. The molecule has 4 heterocycles. The van der Waals surface area contributed by atoms with Gasteiger partial charge in [0.05, 0.1) is 11.0 Å². The zero-order valence-corrected chi connectivity index (χ0v) is 16.7. The highest BCUT2D eigenvalue weighted by atomic mass is 16.1. The summed E-state index contributed by atoms with van der Waals surface area (Å²) in [5.41, 5.74) is 5.36. The van der Waals surface area contributed by atoms with Crippen molar-refractivity contribution in [2.75, 3.05) is 20.1 Å². The number of carbonyl (C=O) groups is 1. The van der Waals surface area contributed by atoms with Crippen LogP contribution in [0, 0.1) is 0 Å². The van der Waals surface area contributed by atoms with Crippen LogP contribution in [0.2, 0.25) is 0 Å². The lowest BCUT2D eigenvalue weighted by molar-refractivity contribution is 0.0958. The zero-order chi connectivity index (χ0) is 23.6. The van der Waals surface area contributed by atoms with Crippen LogP contribution in [0.1, 0.15) is 44.6 Å². The Labute approximate surface area is 179 Å². The van der Waals surface area contributed by atoms with Gasteiger partial charge in [-0.05, 0) is 47.7 Å². The van der Waals surface area contributed by atoms with Gasteiger partial charge in [0.15, 0.2) is 0 Å². The van der Waals surface area contributed by atoms with E-state index in [0.717, 1.165) is 59.4 Å². The maximum atomic E-state index is 12.1. The summed E-state index contributed by atoms with van der Waals surface area (Å²) in [5, 5.41) is 1.94. The Hall–Kier alpha value is -3.32. The summed E-state index contributed by atoms with van der Waals surface area (Å²) in [4.78, 5) is 37.9. The molecule has 0 aliphatic carbocycles. The molecule has 0 bridgehead atoms. The summed E-state index contributed by atoms with van der Waals surface area (Å²) in [6.07, 6.45) is 7.08. The van der Waals surface area contributed by atoms with Gasteiger partial charge in [0.2, 0.25) is 0 Å². The van der Waals surface area contributed by atoms with Gasteiger partial charge in [-0.1, -0.05) is 19.1 Å². The first kappa shape index (κ1) is 16.5. The maximum Gasteiger partial charge on any atom is 0.269 e. The van der Waals surface area contributed by atoms with Crippen LogP contribution in [0.25, 0.3) is 16.6 Å². The number of hydrogen-bond acceptors (Lipinski definition) is 5. The average molecular weight is 407 g/mol. The maximum absolute atomic E-state index is 12.1. The monoisotopic (exact) mass is 406 g/mol. The fraction of sp³-hybridized carbons (Fsp3) is 0.304. The number of carbonyl (C=O) groups excluding carboxylic acids is 1. The molecular weight excluding hydrogens is 378 g/mol. The highest BCUT2D eigenvalue weighted by molar-refractivity contribution is 5.92. The molecule has 3 aromatic heterocycles. The molecule has 7 heteroatoms. The molecule has 30 heavy (non-hydrogen) atoms. The predicted molar refractivity (Wildman–Crippen MR) is 117 cm³/mol. The standard InChI is InChI=1S/C23H25N5O2/c1-3-16-11-20-21(27-22(16)29)10-15(12-25-20)14-28-8-6-17(7-9-28)18-4-5-19(26-13-18)23(30)24-2/h4-6,10-13H,3,7-9,14H2,1-2H3,(H,24,30)(H,27,29)/i2D3. The van der Waals surface area contributed by atoms with E-state index < -0.39 is 12.9 Å². The van der Waals surface area contributed by atoms with Crippen LogP contribution in [-0.4, -0.2) is 45.8 Å². The van der Waals surface area contributed by atoms with Crippen molar-refractivity contribution in [2.45, 2.75) is 26.3 Å². The van der Waals surface area contributed by atoms with E-state index in [4.69, 9.17) is 4.11 Å². The van der Waals surface area contributed by atoms with E-state index in [9.17, 15) is 9.59 Å². The summed E-state index contributed by atoms with van der Waals surface area (Å²) in [6, 6.07) is 7.15. The Bertz CT molecular complexity index is 1270. The normalized spacial score (nSPS) is 16.4. The van der Waals surface area contributed by atoms with Crippen LogP contribution in [0.15, 0.2) is 47.5 Å². The molecule has 0 atom stereocenters. The number of hydrogen-bond donors (Lipinski definition) is 2. The third-order valence-electron chi connectivity index (χ3n) is 5.39. The second kappa shape index (κ2) is 8.59. The van der Waals surface area contributed by atoms with Crippen molar-refractivity contribution in [3.8, 4) is 0 Å². The molecule has 4 rings (SSSR count). The number of nitrogens with zero attached hydrogens (tertiary/aromatic N) is 3. The van der Waals surface area contributed by atoms with Crippen LogP contribution >= 0.6 is 0 Å². The third-order valence-corrected chi connectivity index (χ3v) is 5.39. The van der Waals surface area contributed by atoms with Crippen molar-refractivity contribution in [2.24, 2.45) is 0 Å². The van der Waals surface area contributed by atoms with Crippen molar-refractivity contribution in [1.29, 1.82) is 0 Å². The van der Waals surface area contributed by atoms with Gasteiger partial charge >= 0.3 is 0 Å². The predicted octanol–water partition coefficient (Wildman–Crippen LogP) is 2.53. The van der Waals surface area contributed by atoms with Crippen molar-refractivity contribution in [3.63, 3.8) is 0 Å². The van der Waals surface area contributed by atoms with E-state index in [1.54, 1.807) is 12.3 Å². The van der Waals surface area contributed by atoms with E-state index in [-0.39, 0.29) is 11.3 Å². The van der Waals surface area contributed by atoms with E-state index in [2.05, 4.69) is 25.9 Å². The summed E-state index contributed by atoms with van der Waals surface area (Å²) in [6.45, 7) is 1.72. The number of H-pyrrole nitrogens is 1. The van der Waals surface area contributed by atoms with E-state index in [1.165, 1.54) is 6.07 Å². The van der Waals surface area contributed by atoms with Gasteiger partial charge in [0, 0.05) is 48.7 Å². The number of aromatic amines is 1. The van der Waals surface area contributed by atoms with E-state index >= 15 is 0 Å². The molecule has 0 radical (unpaired) electrons. The number of amides is 1. The van der Waals surface area contributed by atoms with Crippen molar-refractivity contribution in [3.05, 3.63) is 75.5 Å². The Morgan fingerprint density at radius 3 is 2.90 bits per heavy atom. The number of fused-ring (bicyclic) bond motifs is 1. The van der Waals surface area contributed by atoms with Gasteiger partial charge in [0.1, 0.15) is 5.69 Å². The van der Waals surface area contributed by atoms with Crippen LogP contribution in [0.3, 0.4) is 0 Å². The molecule has 1 aliphatic heterocycles. The fourth-order valence-electron chi connectivity index (χ4n) is 3.67. The summed E-state index contributed by atoms with van der Waals surface area (Å²) in [7, 11) is 0. The Balaban J connectivity index is 1.40. The van der Waals surface area contributed by atoms with Crippen molar-refractivity contribution < 1.29 is 8.91 Å². The van der Waals surface area contributed by atoms with Gasteiger partial charge in [-0.15, -0.1) is 0 Å². The van der Waals surface area contributed by atoms with Gasteiger partial charge in [-0.3, -0.25) is 24.5 Å². The molecular formula is C23H25N5O2. The van der Waals surface area contributed by atoms with Gasteiger partial charge in [0.25, 0.3) is 11.5 Å². The molecule has 154 valence electrons. The van der Waals surface area contributed by atoms with Crippen LogP contribution < -0.4 is 10.9 Å². The average Bonchev–Trinajstić information content (AvgIpc) is 2.78. The first-order valence-electron chi connectivity index (χ1n) is 11.4. The van der Waals surface area contributed by atoms with Crippen molar-refractivity contribution in [1.82, 2.24) is 25.2 Å². The minimum Gasteiger partial charge on any atom is -0.354 e. The lowest BCUT2D eigenvalue weighted by Crippen LogP contribution is -2.28. The van der Waals surface area contributed by atoms with Gasteiger partial charge < -0.3 is 10.3 Å². The highest BCUT2D eigenvalue weighted by Crippen LogP contribution is 2.23. The molecule has 1 amide bonds. The molecule has 3 aromatic rings. The second-order valence-corrected chi connectivity index (χ2v) is 7.35. The molecule has 0 spiro atoms. The fourth-order valence-corrected chi connectivity index (χ4v) is 3.67. The molecule has 0 saturated heterocycles. The lowest BCUT2D eigenvalue weighted by atomic mass is 10.0. The summed E-state index contributed by atoms with van der Waals surface area (Å²) in [5.74, 6) is -0.721. The molecule has 0 aromatic carbocycles. The minimum absolute atomic E-state index is 0.0648. The SMILES string of the molecule is [2H]C([2H])([2H])NC(=O)c1ccc(C2=CCN(Cc3cnc4cc(CC)c(=O)[nH]c4c3)CC2)cn1. The van der Waals surface area contributed by atoms with E-state index in [0.29, 0.717) is 6.42 Å². The lowest BCUT2D eigenvalue weighted by Gasteiger charge is -2.26. The van der Waals surface area contributed by atoms with Gasteiger partial charge in [-0.25, -0.2) is 0 Å². The molecule has 0 unspecified atom stereocenters. The van der Waals surface area contributed by atoms with Crippen LogP contribution in [-0.2, 0) is 13.0 Å². The largest absolute Gasteiger partial charge is 0.354 e. The molecule has 1 aliphatic rings. The first-order valence-corrected chi connectivity index (χ1v) is 9.93. The summed E-state index contributed by atoms with van der Waals surface area (Å²) < 4.78 is 21.4. The number of nitrogens with one attached hydrogen (secondary N) is 2. The van der Waals surface area contributed by atoms with E-state index in [1.807, 2.05) is 30.6 Å². The Morgan fingerprint density at radius 2 is 2.20 bits per heavy atom. The Morgan fingerprint density at radius 1 is 1.30 bits per heavy atom. The first-order chi connectivity index (χ1) is 15.7. The smallest absolute Gasteiger partial charge is 0.269 e. The molecule has 2 N–H and O–H groups in total. The van der Waals surface area contributed by atoms with Gasteiger partial charge in [-0.2, -0.15) is 0 Å². The minimum atomic E-state index is -2.54. The third kappa shape index (κ3) is 4.16. The molecule has 7 nitrogen and oxygen atoms in total. The Kier molecular flexibility index (Phi) is 4.72. The highest BCUT2D eigenvalue weighted by Gasteiger charge is 2.15. The number of aryl methyl sites for hydroxylation is 1. The topological polar surface area (TPSA) is 91.0 Å². The second-order valence-electron chi connectivity index (χ2n) is 7.35. The quantitative estimate of drug-likeness (QED) is 0.679. The van der Waals surface area contributed by atoms with Crippen molar-refractivity contribution >= 4 is 22.5 Å².